The van der Waals surface area contributed by atoms with Gasteiger partial charge in [0, 0.05) is 11.4 Å². The highest BCUT2D eigenvalue weighted by Gasteiger charge is 2.34. The van der Waals surface area contributed by atoms with Gasteiger partial charge in [-0.2, -0.15) is 0 Å². The second-order valence-electron chi connectivity index (χ2n) is 6.31. The van der Waals surface area contributed by atoms with Crippen LogP contribution in [0.25, 0.3) is 0 Å². The summed E-state index contributed by atoms with van der Waals surface area (Å²) < 4.78 is 16.6. The molecule has 1 aliphatic rings. The van der Waals surface area contributed by atoms with E-state index < -0.39 is 12.2 Å². The number of furan rings is 1. The lowest BCUT2D eigenvalue weighted by atomic mass is 10.1. The summed E-state index contributed by atoms with van der Waals surface area (Å²) in [6.45, 7) is 1.79. The molecule has 3 aromatic rings. The van der Waals surface area contributed by atoms with E-state index in [4.69, 9.17) is 13.9 Å². The van der Waals surface area contributed by atoms with E-state index in [9.17, 15) is 9.59 Å². The molecule has 2 heterocycles. The molecule has 2 amide bonds. The van der Waals surface area contributed by atoms with Crippen LogP contribution in [0.5, 0.6) is 11.5 Å². The van der Waals surface area contributed by atoms with Gasteiger partial charge in [-0.15, -0.1) is 0 Å². The lowest BCUT2D eigenvalue weighted by Gasteiger charge is -2.31. The Balaban J connectivity index is 1.39. The average molecular weight is 378 g/mol. The van der Waals surface area contributed by atoms with Crippen molar-refractivity contribution in [2.24, 2.45) is 0 Å². The van der Waals surface area contributed by atoms with Crippen molar-refractivity contribution >= 4 is 23.2 Å². The van der Waals surface area contributed by atoms with Crippen molar-refractivity contribution in [3.63, 3.8) is 0 Å². The third kappa shape index (κ3) is 3.68. The van der Waals surface area contributed by atoms with E-state index in [0.29, 0.717) is 22.9 Å². The SMILES string of the molecule is CC1Oc2ccccc2OC1C(=O)Nc1ccc(NC(=O)c2ccco2)cc1. The first-order valence-electron chi connectivity index (χ1n) is 8.78. The molecule has 0 aliphatic carbocycles. The summed E-state index contributed by atoms with van der Waals surface area (Å²) in [5.41, 5.74) is 1.16. The minimum Gasteiger partial charge on any atom is -0.482 e. The van der Waals surface area contributed by atoms with Crippen LogP contribution in [0.2, 0.25) is 0 Å². The van der Waals surface area contributed by atoms with E-state index in [-0.39, 0.29) is 17.6 Å². The van der Waals surface area contributed by atoms with Crippen LogP contribution >= 0.6 is 0 Å². The number of hydrogen-bond acceptors (Lipinski definition) is 5. The molecule has 2 N–H and O–H groups in total. The zero-order chi connectivity index (χ0) is 19.5. The fraction of sp³-hybridized carbons (Fsp3) is 0.143. The van der Waals surface area contributed by atoms with E-state index in [1.165, 1.54) is 6.26 Å². The van der Waals surface area contributed by atoms with E-state index in [1.54, 1.807) is 55.5 Å². The molecule has 1 aliphatic heterocycles. The molecule has 2 atom stereocenters. The number of carbonyl (C=O) groups excluding carboxylic acids is 2. The van der Waals surface area contributed by atoms with Gasteiger partial charge in [0.05, 0.1) is 6.26 Å². The van der Waals surface area contributed by atoms with Gasteiger partial charge in [-0.25, -0.2) is 0 Å². The highest BCUT2D eigenvalue weighted by molar-refractivity contribution is 6.02. The fourth-order valence-electron chi connectivity index (χ4n) is 2.86. The normalized spacial score (nSPS) is 17.6. The van der Waals surface area contributed by atoms with Gasteiger partial charge >= 0.3 is 0 Å². The lowest BCUT2D eigenvalue weighted by Crippen LogP contribution is -2.46. The van der Waals surface area contributed by atoms with Gasteiger partial charge in [0.1, 0.15) is 6.10 Å². The molecule has 2 aromatic carbocycles. The Bertz CT molecular complexity index is 982. The minimum atomic E-state index is -0.770. The predicted octanol–water partition coefficient (Wildman–Crippen LogP) is 3.70. The van der Waals surface area contributed by atoms with Crippen molar-refractivity contribution in [1.29, 1.82) is 0 Å². The zero-order valence-corrected chi connectivity index (χ0v) is 15.0. The van der Waals surface area contributed by atoms with Crippen LogP contribution in [0.4, 0.5) is 11.4 Å². The van der Waals surface area contributed by atoms with E-state index >= 15 is 0 Å². The molecule has 142 valence electrons. The van der Waals surface area contributed by atoms with Crippen molar-refractivity contribution in [3.05, 3.63) is 72.7 Å². The number of nitrogens with one attached hydrogen (secondary N) is 2. The second-order valence-corrected chi connectivity index (χ2v) is 6.31. The Morgan fingerprint density at radius 2 is 1.46 bits per heavy atom. The van der Waals surface area contributed by atoms with Crippen molar-refractivity contribution in [2.75, 3.05) is 10.6 Å². The molecular weight excluding hydrogens is 360 g/mol. The van der Waals surface area contributed by atoms with Crippen LogP contribution in [0.15, 0.2) is 71.3 Å². The first-order valence-corrected chi connectivity index (χ1v) is 8.78. The van der Waals surface area contributed by atoms with Crippen molar-refractivity contribution in [2.45, 2.75) is 19.1 Å². The Hall–Kier alpha value is -3.74. The molecule has 0 spiro atoms. The number of ether oxygens (including phenoxy) is 2. The third-order valence-corrected chi connectivity index (χ3v) is 4.26. The lowest BCUT2D eigenvalue weighted by molar-refractivity contribution is -0.128. The monoisotopic (exact) mass is 378 g/mol. The highest BCUT2D eigenvalue weighted by atomic mass is 16.6. The fourth-order valence-corrected chi connectivity index (χ4v) is 2.86. The van der Waals surface area contributed by atoms with Gasteiger partial charge in [0.15, 0.2) is 17.3 Å². The Kier molecular flexibility index (Phi) is 4.72. The van der Waals surface area contributed by atoms with Gasteiger partial charge in [-0.1, -0.05) is 12.1 Å². The molecule has 0 radical (unpaired) electrons. The number of amides is 2. The summed E-state index contributed by atoms with van der Waals surface area (Å²) >= 11 is 0. The first kappa shape index (κ1) is 17.7. The number of hydrogen-bond donors (Lipinski definition) is 2. The van der Waals surface area contributed by atoms with Gasteiger partial charge in [-0.05, 0) is 55.5 Å². The maximum absolute atomic E-state index is 12.6. The molecule has 2 unspecified atom stereocenters. The maximum atomic E-state index is 12.6. The summed E-state index contributed by atoms with van der Waals surface area (Å²) in [6, 6.07) is 17.2. The first-order chi connectivity index (χ1) is 13.6. The molecule has 0 saturated heterocycles. The van der Waals surface area contributed by atoms with Crippen molar-refractivity contribution in [3.8, 4) is 11.5 Å². The summed E-state index contributed by atoms with van der Waals surface area (Å²) in [5, 5.41) is 5.52. The molecule has 0 bridgehead atoms. The Morgan fingerprint density at radius 1 is 0.821 bits per heavy atom. The topological polar surface area (TPSA) is 89.8 Å². The van der Waals surface area contributed by atoms with Crippen LogP contribution in [0.3, 0.4) is 0 Å². The molecule has 7 heteroatoms. The highest BCUT2D eigenvalue weighted by Crippen LogP contribution is 2.33. The van der Waals surface area contributed by atoms with Gasteiger partial charge in [0.2, 0.25) is 6.10 Å². The summed E-state index contributed by atoms with van der Waals surface area (Å²) in [5.74, 6) is 0.727. The minimum absolute atomic E-state index is 0.223. The smallest absolute Gasteiger partial charge is 0.291 e. The van der Waals surface area contributed by atoms with E-state index in [2.05, 4.69) is 10.6 Å². The number of fused-ring (bicyclic) bond motifs is 1. The van der Waals surface area contributed by atoms with Crippen LogP contribution in [-0.2, 0) is 4.79 Å². The molecule has 28 heavy (non-hydrogen) atoms. The number of benzene rings is 2. The van der Waals surface area contributed by atoms with Crippen LogP contribution < -0.4 is 20.1 Å². The summed E-state index contributed by atoms with van der Waals surface area (Å²) in [4.78, 5) is 24.6. The van der Waals surface area contributed by atoms with Crippen molar-refractivity contribution < 1.29 is 23.5 Å². The van der Waals surface area contributed by atoms with E-state index in [0.717, 1.165) is 0 Å². The number of rotatable bonds is 4. The van der Waals surface area contributed by atoms with Crippen molar-refractivity contribution in [1.82, 2.24) is 0 Å². The quantitative estimate of drug-likeness (QED) is 0.723. The molecule has 0 saturated carbocycles. The van der Waals surface area contributed by atoms with Gasteiger partial charge < -0.3 is 24.5 Å². The molecule has 1 aromatic heterocycles. The molecule has 4 rings (SSSR count). The average Bonchev–Trinajstić information content (AvgIpc) is 3.24. The maximum Gasteiger partial charge on any atom is 0.291 e. The van der Waals surface area contributed by atoms with Crippen LogP contribution in [0.1, 0.15) is 17.5 Å². The number of anilines is 2. The number of carbonyl (C=O) groups is 2. The predicted molar refractivity (Wildman–Crippen MR) is 103 cm³/mol. The molecule has 0 fully saturated rings. The van der Waals surface area contributed by atoms with E-state index in [1.807, 2.05) is 12.1 Å². The Morgan fingerprint density at radius 3 is 2.11 bits per heavy atom. The number of para-hydroxylation sites is 2. The zero-order valence-electron chi connectivity index (χ0n) is 15.0. The molecular formula is C21H18N2O5. The van der Waals surface area contributed by atoms with Gasteiger partial charge in [-0.3, -0.25) is 9.59 Å². The summed E-state index contributed by atoms with van der Waals surface area (Å²) in [6.07, 6.45) is 0.235. The largest absolute Gasteiger partial charge is 0.482 e. The second kappa shape index (κ2) is 7.48. The Labute approximate surface area is 161 Å². The molecule has 7 nitrogen and oxygen atoms in total. The summed E-state index contributed by atoms with van der Waals surface area (Å²) in [7, 11) is 0. The van der Waals surface area contributed by atoms with Crippen LogP contribution in [-0.4, -0.2) is 24.0 Å². The standard InChI is InChI=1S/C21H18N2O5/c1-13-19(28-17-6-3-2-5-16(17)27-13)21(25)23-15-10-8-14(9-11-15)22-20(24)18-7-4-12-26-18/h2-13,19H,1H3,(H,22,24)(H,23,25). The third-order valence-electron chi connectivity index (χ3n) is 4.26. The van der Waals surface area contributed by atoms with Gasteiger partial charge in [0.25, 0.3) is 11.8 Å². The van der Waals surface area contributed by atoms with Crippen LogP contribution in [0, 0.1) is 0 Å².